The van der Waals surface area contributed by atoms with E-state index in [-0.39, 0.29) is 35.1 Å². The molecule has 11 nitrogen and oxygen atoms in total. The number of halogens is 6. The highest BCUT2D eigenvalue weighted by atomic mass is 35.5. The van der Waals surface area contributed by atoms with Gasteiger partial charge in [0.1, 0.15) is 23.0 Å². The van der Waals surface area contributed by atoms with Crippen molar-refractivity contribution in [2.24, 2.45) is 23.7 Å². The van der Waals surface area contributed by atoms with E-state index in [0.717, 1.165) is 33.2 Å². The molecule has 0 bridgehead atoms. The number of carbonyl (C=O) groups excluding carboxylic acids is 4. The molecule has 57 heavy (non-hydrogen) atoms. The van der Waals surface area contributed by atoms with Gasteiger partial charge in [-0.3, -0.25) is 29.6 Å². The number of amides is 4. The molecule has 294 valence electrons. The summed E-state index contributed by atoms with van der Waals surface area (Å²) >= 11 is 12.6. The molecule has 2 saturated heterocycles. The van der Waals surface area contributed by atoms with Crippen LogP contribution < -0.4 is 15.2 Å². The third-order valence-corrected chi connectivity index (χ3v) is 12.0. The first-order valence-corrected chi connectivity index (χ1v) is 18.4. The molecule has 2 N–H and O–H groups in total. The Balaban J connectivity index is 1.30. The maximum Gasteiger partial charge on any atom is 0.433 e. The topological polar surface area (TPSA) is 132 Å². The number of rotatable bonds is 7. The number of ether oxygens (including phenoxy) is 1. The van der Waals surface area contributed by atoms with Gasteiger partial charge < -0.3 is 9.84 Å². The Morgan fingerprint density at radius 1 is 0.930 bits per heavy atom. The van der Waals surface area contributed by atoms with Crippen molar-refractivity contribution in [1.82, 2.24) is 15.0 Å². The summed E-state index contributed by atoms with van der Waals surface area (Å²) in [5.41, 5.74) is 1.41. The van der Waals surface area contributed by atoms with Gasteiger partial charge in [0, 0.05) is 29.6 Å². The van der Waals surface area contributed by atoms with Crippen LogP contribution in [0.5, 0.6) is 11.5 Å². The molecule has 4 aliphatic rings. The second-order valence-electron chi connectivity index (χ2n) is 14.3. The molecule has 0 radical (unpaired) electrons. The Kier molecular flexibility index (Phi) is 9.23. The number of pyridine rings is 1. The molecule has 8 rings (SSSR count). The van der Waals surface area contributed by atoms with Crippen molar-refractivity contribution in [1.29, 1.82) is 0 Å². The van der Waals surface area contributed by atoms with Crippen molar-refractivity contribution in [3.63, 3.8) is 0 Å². The number of nitrogens with zero attached hydrogens (tertiary/aromatic N) is 4. The number of phenols is 1. The first kappa shape index (κ1) is 38.2. The summed E-state index contributed by atoms with van der Waals surface area (Å²) in [5, 5.41) is 13.1. The summed E-state index contributed by atoms with van der Waals surface area (Å²) in [6.07, 6.45) is -3.20. The van der Waals surface area contributed by atoms with Crippen LogP contribution in [0.15, 0.2) is 90.5 Å². The van der Waals surface area contributed by atoms with Crippen LogP contribution in [-0.4, -0.2) is 57.9 Å². The van der Waals surface area contributed by atoms with Crippen molar-refractivity contribution in [2.45, 2.75) is 30.4 Å². The van der Waals surface area contributed by atoms with E-state index in [1.165, 1.54) is 38.4 Å². The number of imide groups is 2. The van der Waals surface area contributed by atoms with Crippen LogP contribution in [0.25, 0.3) is 0 Å². The van der Waals surface area contributed by atoms with E-state index in [2.05, 4.69) is 10.4 Å². The fraction of sp³-hybridized carbons (Fsp3) is 0.275. The third kappa shape index (κ3) is 5.89. The summed E-state index contributed by atoms with van der Waals surface area (Å²) in [7, 11) is 2.59. The minimum atomic E-state index is -4.85. The molecule has 1 aromatic heterocycles. The van der Waals surface area contributed by atoms with Gasteiger partial charge >= 0.3 is 6.18 Å². The maximum absolute atomic E-state index is 15.3. The molecular weight excluding hydrogens is 793 g/mol. The second-order valence-corrected chi connectivity index (χ2v) is 15.2. The summed E-state index contributed by atoms with van der Waals surface area (Å²) in [6, 6.07) is 17.5. The molecule has 6 unspecified atom stereocenters. The molecule has 1 saturated carbocycles. The molecule has 17 heteroatoms. The highest BCUT2D eigenvalue weighted by Gasteiger charge is 2.71. The van der Waals surface area contributed by atoms with Crippen LogP contribution in [0.2, 0.25) is 10.0 Å². The Morgan fingerprint density at radius 2 is 1.63 bits per heavy atom. The lowest BCUT2D eigenvalue weighted by Crippen LogP contribution is -2.53. The first-order chi connectivity index (χ1) is 27.1. The molecule has 2 aliphatic carbocycles. The number of benzene rings is 3. The summed E-state index contributed by atoms with van der Waals surface area (Å²) < 4.78 is 60.8. The molecule has 4 aromatic rings. The average molecular weight is 825 g/mol. The summed E-state index contributed by atoms with van der Waals surface area (Å²) in [4.78, 5) is 62.6. The van der Waals surface area contributed by atoms with E-state index in [1.807, 2.05) is 0 Å². The van der Waals surface area contributed by atoms with Gasteiger partial charge in [-0.05, 0) is 78.9 Å². The van der Waals surface area contributed by atoms with Crippen molar-refractivity contribution in [2.75, 3.05) is 24.6 Å². The highest BCUT2D eigenvalue weighted by Crippen LogP contribution is 2.65. The quantitative estimate of drug-likeness (QED) is 0.112. The number of methoxy groups -OCH3 is 1. The summed E-state index contributed by atoms with van der Waals surface area (Å²) in [6.45, 7) is 0. The minimum absolute atomic E-state index is 0.00684. The van der Waals surface area contributed by atoms with Gasteiger partial charge in [0.15, 0.2) is 5.82 Å². The zero-order valence-electron chi connectivity index (χ0n) is 29.9. The number of carbonyl (C=O) groups is 4. The molecule has 4 amide bonds. The predicted molar refractivity (Wildman–Crippen MR) is 198 cm³/mol. The van der Waals surface area contributed by atoms with Gasteiger partial charge in [-0.1, -0.05) is 53.1 Å². The lowest BCUT2D eigenvalue weighted by atomic mass is 9.49. The van der Waals surface area contributed by atoms with E-state index in [9.17, 15) is 37.1 Å². The van der Waals surface area contributed by atoms with Crippen LogP contribution in [0.3, 0.4) is 0 Å². The standard InChI is InChI=1S/C40H31Cl2F4N5O6/c1-49(34-29(42)15-16-31(47-34)40(44,45)46)51-35(53)26-14-13-24-27(32(26)37(51)55)18-28-36(54)50(48-22-9-7-21(43)8-10-22)38(56)39(28,19-3-5-20(41)6-4-19)33(24)25-12-11-23(52)17-30(25)57-2/h3-13,15-17,26-28,32-33,48,52H,14,18H2,1-2H3. The lowest BCUT2D eigenvalue weighted by molar-refractivity contribution is -0.142. The van der Waals surface area contributed by atoms with E-state index >= 15 is 4.79 Å². The number of hydrogen-bond donors (Lipinski definition) is 2. The number of fused-ring (bicyclic) bond motifs is 4. The Labute approximate surface area is 332 Å². The maximum atomic E-state index is 15.3. The summed E-state index contributed by atoms with van der Waals surface area (Å²) in [5.74, 6) is -9.04. The van der Waals surface area contributed by atoms with Gasteiger partial charge in [0.2, 0.25) is 0 Å². The number of allylic oxidation sites excluding steroid dienone is 2. The van der Waals surface area contributed by atoms with E-state index < -0.39 is 82.1 Å². The molecule has 3 heterocycles. The number of phenolic OH excluding ortho intramolecular Hbond substituents is 1. The van der Waals surface area contributed by atoms with E-state index in [1.54, 1.807) is 36.4 Å². The predicted octanol–water partition coefficient (Wildman–Crippen LogP) is 7.30. The van der Waals surface area contributed by atoms with Gasteiger partial charge in [-0.2, -0.15) is 23.2 Å². The molecule has 3 fully saturated rings. The Bertz CT molecular complexity index is 2380. The average Bonchev–Trinajstić information content (AvgIpc) is 3.56. The Hall–Kier alpha value is -5.67. The lowest BCUT2D eigenvalue weighted by Gasteiger charge is -2.50. The van der Waals surface area contributed by atoms with Crippen molar-refractivity contribution >= 4 is 58.3 Å². The highest BCUT2D eigenvalue weighted by molar-refractivity contribution is 6.33. The van der Waals surface area contributed by atoms with Crippen LogP contribution in [0.4, 0.5) is 29.1 Å². The number of hydrogen-bond acceptors (Lipinski definition) is 9. The van der Waals surface area contributed by atoms with Crippen LogP contribution in [0.1, 0.15) is 35.6 Å². The number of aromatic hydroxyl groups is 1. The second kappa shape index (κ2) is 13.8. The van der Waals surface area contributed by atoms with Crippen LogP contribution in [-0.2, 0) is 30.8 Å². The molecule has 6 atom stereocenters. The first-order valence-electron chi connectivity index (χ1n) is 17.7. The van der Waals surface area contributed by atoms with E-state index in [4.69, 9.17) is 27.9 Å². The number of anilines is 2. The van der Waals surface area contributed by atoms with Gasteiger partial charge in [0.05, 0.1) is 41.0 Å². The Morgan fingerprint density at radius 3 is 2.30 bits per heavy atom. The van der Waals surface area contributed by atoms with Gasteiger partial charge in [0.25, 0.3) is 23.6 Å². The molecule has 0 spiro atoms. The van der Waals surface area contributed by atoms with Gasteiger partial charge in [-0.15, -0.1) is 0 Å². The smallest absolute Gasteiger partial charge is 0.433 e. The largest absolute Gasteiger partial charge is 0.508 e. The van der Waals surface area contributed by atoms with Crippen molar-refractivity contribution in [3.8, 4) is 11.5 Å². The minimum Gasteiger partial charge on any atom is -0.508 e. The molecule has 3 aromatic carbocycles. The third-order valence-electron chi connectivity index (χ3n) is 11.5. The van der Waals surface area contributed by atoms with Crippen molar-refractivity contribution in [3.05, 3.63) is 123 Å². The zero-order valence-corrected chi connectivity index (χ0v) is 31.4. The fourth-order valence-corrected chi connectivity index (χ4v) is 9.48. The number of nitrogens with one attached hydrogen (secondary N) is 1. The number of hydrazine groups is 2. The number of aromatic nitrogens is 1. The zero-order chi connectivity index (χ0) is 40.7. The molecule has 2 aliphatic heterocycles. The van der Waals surface area contributed by atoms with Crippen molar-refractivity contribution < 1.29 is 46.6 Å². The number of alkyl halides is 3. The monoisotopic (exact) mass is 823 g/mol. The normalized spacial score (nSPS) is 25.5. The fourth-order valence-electron chi connectivity index (χ4n) is 9.13. The van der Waals surface area contributed by atoms with Gasteiger partial charge in [-0.25, -0.2) is 9.37 Å². The molecular formula is C40H31Cl2F4N5O6. The van der Waals surface area contributed by atoms with Crippen LogP contribution >= 0.6 is 23.2 Å². The van der Waals surface area contributed by atoms with E-state index in [0.29, 0.717) is 27.8 Å². The van der Waals surface area contributed by atoms with Crippen LogP contribution in [0, 0.1) is 29.5 Å². The SMILES string of the molecule is COc1cc(O)ccc1C1C2=CCC3C(=O)N(N(C)c4nc(C(F)(F)F)ccc4Cl)C(=O)C3C2CC2C(=O)N(Nc3ccc(F)cc3)C(=O)C21c1ccc(Cl)cc1.